The average molecular weight is 236 g/mol. The Bertz CT molecular complexity index is 393. The molecule has 1 unspecified atom stereocenters. The minimum absolute atomic E-state index is 0.0907. The Hall–Kier alpha value is -1.36. The largest absolute Gasteiger partial charge is 0.323 e. The molecular weight excluding hydrogens is 216 g/mol. The zero-order chi connectivity index (χ0) is 12.3. The van der Waals surface area contributed by atoms with E-state index in [2.05, 4.69) is 15.7 Å². The lowest BCUT2D eigenvalue weighted by Crippen LogP contribution is -2.15. The molecule has 5 heteroatoms. The summed E-state index contributed by atoms with van der Waals surface area (Å²) in [6.45, 7) is 4.09. The van der Waals surface area contributed by atoms with E-state index in [1.54, 1.807) is 10.9 Å². The average Bonchev–Trinajstić information content (AvgIpc) is 2.92. The van der Waals surface area contributed by atoms with Crippen molar-refractivity contribution in [3.8, 4) is 0 Å². The summed E-state index contributed by atoms with van der Waals surface area (Å²) in [5.74, 6) is 0.753. The topological polar surface area (TPSA) is 59.0 Å². The molecule has 0 aromatic carbocycles. The fourth-order valence-electron chi connectivity index (χ4n) is 2.13. The second-order valence-electron chi connectivity index (χ2n) is 4.71. The molecule has 1 aliphatic heterocycles. The van der Waals surface area contributed by atoms with E-state index in [4.69, 9.17) is 0 Å². The van der Waals surface area contributed by atoms with Crippen molar-refractivity contribution in [2.24, 2.45) is 13.0 Å². The summed E-state index contributed by atoms with van der Waals surface area (Å²) >= 11 is 0. The van der Waals surface area contributed by atoms with Crippen LogP contribution in [0, 0.1) is 12.8 Å². The molecule has 2 N–H and O–H groups in total. The highest BCUT2D eigenvalue weighted by molar-refractivity contribution is 5.91. The van der Waals surface area contributed by atoms with E-state index in [9.17, 15) is 4.79 Å². The number of anilines is 1. The van der Waals surface area contributed by atoms with Gasteiger partial charge in [-0.2, -0.15) is 5.10 Å². The first-order chi connectivity index (χ1) is 8.16. The molecule has 0 radical (unpaired) electrons. The number of nitrogens with zero attached hydrogens (tertiary/aromatic N) is 2. The molecule has 1 atom stereocenters. The zero-order valence-electron chi connectivity index (χ0n) is 10.5. The number of nitrogens with one attached hydrogen (secondary N) is 2. The van der Waals surface area contributed by atoms with E-state index >= 15 is 0 Å². The van der Waals surface area contributed by atoms with Gasteiger partial charge in [-0.1, -0.05) is 0 Å². The Balaban J connectivity index is 1.78. The molecule has 1 aromatic rings. The summed E-state index contributed by atoms with van der Waals surface area (Å²) in [7, 11) is 1.87. The van der Waals surface area contributed by atoms with Gasteiger partial charge in [0.15, 0.2) is 0 Å². The maximum Gasteiger partial charge on any atom is 0.224 e. The molecule has 2 heterocycles. The lowest BCUT2D eigenvalue weighted by molar-refractivity contribution is -0.116. The number of aryl methyl sites for hydroxylation is 1. The smallest absolute Gasteiger partial charge is 0.224 e. The van der Waals surface area contributed by atoms with Crippen molar-refractivity contribution < 1.29 is 4.79 Å². The van der Waals surface area contributed by atoms with E-state index in [0.717, 1.165) is 30.9 Å². The summed E-state index contributed by atoms with van der Waals surface area (Å²) in [5.41, 5.74) is 1.81. The number of carbonyl (C=O) groups excluding carboxylic acids is 1. The molecule has 0 aliphatic carbocycles. The van der Waals surface area contributed by atoms with Crippen molar-refractivity contribution in [1.29, 1.82) is 0 Å². The van der Waals surface area contributed by atoms with Crippen LogP contribution < -0.4 is 10.6 Å². The van der Waals surface area contributed by atoms with Crippen LogP contribution in [0.3, 0.4) is 0 Å². The van der Waals surface area contributed by atoms with Crippen LogP contribution in [0.25, 0.3) is 0 Å². The number of hydrogen-bond acceptors (Lipinski definition) is 3. The predicted molar refractivity (Wildman–Crippen MR) is 66.8 cm³/mol. The van der Waals surface area contributed by atoms with Crippen molar-refractivity contribution in [2.45, 2.75) is 26.2 Å². The van der Waals surface area contributed by atoms with Gasteiger partial charge in [-0.05, 0) is 38.8 Å². The Labute approximate surface area is 102 Å². The zero-order valence-corrected chi connectivity index (χ0v) is 10.5. The van der Waals surface area contributed by atoms with Crippen molar-refractivity contribution in [3.63, 3.8) is 0 Å². The maximum absolute atomic E-state index is 11.8. The van der Waals surface area contributed by atoms with Gasteiger partial charge in [-0.15, -0.1) is 0 Å². The summed E-state index contributed by atoms with van der Waals surface area (Å²) in [4.78, 5) is 11.8. The molecule has 0 spiro atoms. The molecule has 1 amide bonds. The van der Waals surface area contributed by atoms with Crippen LogP contribution in [0.2, 0.25) is 0 Å². The first kappa shape index (κ1) is 12.1. The van der Waals surface area contributed by atoms with Crippen LogP contribution in [0.15, 0.2) is 6.20 Å². The van der Waals surface area contributed by atoms with Gasteiger partial charge in [0.2, 0.25) is 5.91 Å². The van der Waals surface area contributed by atoms with Crippen LogP contribution in [-0.2, 0) is 11.8 Å². The van der Waals surface area contributed by atoms with Crippen molar-refractivity contribution in [3.05, 3.63) is 11.9 Å². The lowest BCUT2D eigenvalue weighted by Gasteiger charge is -2.08. The first-order valence-electron chi connectivity index (χ1n) is 6.16. The third-order valence-corrected chi connectivity index (χ3v) is 3.45. The highest BCUT2D eigenvalue weighted by atomic mass is 16.1. The van der Waals surface area contributed by atoms with Crippen molar-refractivity contribution in [2.75, 3.05) is 18.4 Å². The van der Waals surface area contributed by atoms with E-state index < -0.39 is 0 Å². The molecular formula is C12H20N4O. The molecule has 5 nitrogen and oxygen atoms in total. The van der Waals surface area contributed by atoms with Crippen LogP contribution in [0.4, 0.5) is 5.69 Å². The number of carbonyl (C=O) groups is 1. The minimum atomic E-state index is 0.0907. The molecule has 0 bridgehead atoms. The summed E-state index contributed by atoms with van der Waals surface area (Å²) in [5, 5.41) is 10.3. The fourth-order valence-corrected chi connectivity index (χ4v) is 2.13. The van der Waals surface area contributed by atoms with Crippen LogP contribution in [0.1, 0.15) is 25.0 Å². The number of hydrogen-bond donors (Lipinski definition) is 2. The van der Waals surface area contributed by atoms with Crippen molar-refractivity contribution in [1.82, 2.24) is 15.1 Å². The lowest BCUT2D eigenvalue weighted by atomic mass is 10.0. The highest BCUT2D eigenvalue weighted by Gasteiger charge is 2.16. The summed E-state index contributed by atoms with van der Waals surface area (Å²) in [6.07, 6.45) is 4.46. The third kappa shape index (κ3) is 3.06. The van der Waals surface area contributed by atoms with Gasteiger partial charge in [0.25, 0.3) is 0 Å². The normalized spacial score (nSPS) is 19.5. The number of rotatable bonds is 4. The second-order valence-corrected chi connectivity index (χ2v) is 4.71. The highest BCUT2D eigenvalue weighted by Crippen LogP contribution is 2.16. The standard InChI is InChI=1S/C12H20N4O/c1-9-11(8-14-16(9)2)15-12(17)4-3-10-5-6-13-7-10/h8,10,13H,3-7H2,1-2H3,(H,15,17). The van der Waals surface area contributed by atoms with Crippen molar-refractivity contribution >= 4 is 11.6 Å². The number of amides is 1. The van der Waals surface area contributed by atoms with Gasteiger partial charge < -0.3 is 10.6 Å². The van der Waals surface area contributed by atoms with E-state index in [-0.39, 0.29) is 5.91 Å². The van der Waals surface area contributed by atoms with Gasteiger partial charge in [-0.25, -0.2) is 0 Å². The SMILES string of the molecule is Cc1c(NC(=O)CCC2CCNC2)cnn1C. The third-order valence-electron chi connectivity index (χ3n) is 3.45. The maximum atomic E-state index is 11.8. The summed E-state index contributed by atoms with van der Waals surface area (Å²) in [6, 6.07) is 0. The van der Waals surface area contributed by atoms with Gasteiger partial charge >= 0.3 is 0 Å². The van der Waals surface area contributed by atoms with Crippen LogP contribution in [0.5, 0.6) is 0 Å². The molecule has 1 fully saturated rings. The molecule has 1 saturated heterocycles. The molecule has 1 aromatic heterocycles. The van der Waals surface area contributed by atoms with E-state index in [1.807, 2.05) is 14.0 Å². The van der Waals surface area contributed by atoms with Crippen LogP contribution in [-0.4, -0.2) is 28.8 Å². The second kappa shape index (κ2) is 5.31. The molecule has 0 saturated carbocycles. The van der Waals surface area contributed by atoms with Gasteiger partial charge in [0.05, 0.1) is 17.6 Å². The van der Waals surface area contributed by atoms with Crippen LogP contribution >= 0.6 is 0 Å². The van der Waals surface area contributed by atoms with Gasteiger partial charge in [0.1, 0.15) is 0 Å². The quantitative estimate of drug-likeness (QED) is 0.821. The first-order valence-corrected chi connectivity index (χ1v) is 6.16. The van der Waals surface area contributed by atoms with E-state index in [0.29, 0.717) is 12.3 Å². The Morgan fingerprint density at radius 2 is 2.53 bits per heavy atom. The minimum Gasteiger partial charge on any atom is -0.323 e. The molecule has 2 rings (SSSR count). The molecule has 1 aliphatic rings. The molecule has 94 valence electrons. The summed E-state index contributed by atoms with van der Waals surface area (Å²) < 4.78 is 1.76. The molecule has 17 heavy (non-hydrogen) atoms. The number of aromatic nitrogens is 2. The Morgan fingerprint density at radius 1 is 1.71 bits per heavy atom. The monoisotopic (exact) mass is 236 g/mol. The Morgan fingerprint density at radius 3 is 3.12 bits per heavy atom. The fraction of sp³-hybridized carbons (Fsp3) is 0.667. The predicted octanol–water partition coefficient (Wildman–Crippen LogP) is 1.06. The van der Waals surface area contributed by atoms with E-state index in [1.165, 1.54) is 6.42 Å². The Kier molecular flexibility index (Phi) is 3.78. The van der Waals surface area contributed by atoms with Gasteiger partial charge in [0, 0.05) is 13.5 Å². The van der Waals surface area contributed by atoms with Gasteiger partial charge in [-0.3, -0.25) is 9.48 Å².